The molecule has 0 unspecified atom stereocenters. The number of amides is 2. The summed E-state index contributed by atoms with van der Waals surface area (Å²) in [4.78, 5) is 32.9. The average Bonchev–Trinajstić information content (AvgIpc) is 3.19. The lowest BCUT2D eigenvalue weighted by molar-refractivity contribution is -0.117. The predicted molar refractivity (Wildman–Crippen MR) is 106 cm³/mol. The highest BCUT2D eigenvalue weighted by Crippen LogP contribution is 2.22. The van der Waals surface area contributed by atoms with Crippen molar-refractivity contribution in [3.8, 4) is 0 Å². The number of pyridine rings is 1. The normalized spacial score (nSPS) is 17.1. The molecule has 7 heteroatoms. The Morgan fingerprint density at radius 1 is 1.11 bits per heavy atom. The van der Waals surface area contributed by atoms with Gasteiger partial charge in [0, 0.05) is 55.6 Å². The van der Waals surface area contributed by atoms with E-state index >= 15 is 0 Å². The first-order valence-electron chi connectivity index (χ1n) is 9.67. The van der Waals surface area contributed by atoms with Crippen molar-refractivity contribution in [1.29, 1.82) is 0 Å². The quantitative estimate of drug-likeness (QED) is 0.859. The van der Waals surface area contributed by atoms with Gasteiger partial charge in [-0.3, -0.25) is 9.59 Å². The molecule has 1 N–H and O–H groups in total. The van der Waals surface area contributed by atoms with Gasteiger partial charge in [0.1, 0.15) is 5.82 Å². The maximum absolute atomic E-state index is 12.6. The van der Waals surface area contributed by atoms with Crippen LogP contribution in [0.4, 0.5) is 11.5 Å². The molecule has 0 radical (unpaired) electrons. The number of hydrogen-bond acceptors (Lipinski definition) is 5. The molecule has 0 bridgehead atoms. The standard InChI is InChI=1S/C21H24N4O3/c26-19-4-2-10-25(19)18-7-5-16(6-8-18)21(27)23-15-17-3-1-9-22-20(17)24-11-13-28-14-12-24/h1,3,5-9H,2,4,10-15H2,(H,23,27). The van der Waals surface area contributed by atoms with Gasteiger partial charge in [-0.25, -0.2) is 4.98 Å². The van der Waals surface area contributed by atoms with Crippen LogP contribution in [-0.2, 0) is 16.1 Å². The maximum Gasteiger partial charge on any atom is 0.251 e. The van der Waals surface area contributed by atoms with Crippen molar-refractivity contribution in [3.63, 3.8) is 0 Å². The van der Waals surface area contributed by atoms with E-state index in [9.17, 15) is 9.59 Å². The Bertz CT molecular complexity index is 847. The molecule has 2 amide bonds. The summed E-state index contributed by atoms with van der Waals surface area (Å²) >= 11 is 0. The van der Waals surface area contributed by atoms with E-state index in [4.69, 9.17) is 4.74 Å². The molecule has 2 fully saturated rings. The summed E-state index contributed by atoms with van der Waals surface area (Å²) in [7, 11) is 0. The molecule has 0 spiro atoms. The van der Waals surface area contributed by atoms with Gasteiger partial charge >= 0.3 is 0 Å². The Morgan fingerprint density at radius 3 is 2.61 bits per heavy atom. The minimum atomic E-state index is -0.143. The largest absolute Gasteiger partial charge is 0.378 e. The van der Waals surface area contributed by atoms with E-state index in [2.05, 4.69) is 15.2 Å². The molecule has 2 aliphatic heterocycles. The molecule has 2 aromatic rings. The number of morpholine rings is 1. The highest BCUT2D eigenvalue weighted by atomic mass is 16.5. The third-order valence-corrected chi connectivity index (χ3v) is 5.13. The summed E-state index contributed by atoms with van der Waals surface area (Å²) in [6.07, 6.45) is 3.25. The van der Waals surface area contributed by atoms with E-state index in [0.717, 1.165) is 43.1 Å². The van der Waals surface area contributed by atoms with Crippen LogP contribution in [0.25, 0.3) is 0 Å². The van der Waals surface area contributed by atoms with E-state index < -0.39 is 0 Å². The van der Waals surface area contributed by atoms with Gasteiger partial charge < -0.3 is 19.9 Å². The number of aromatic nitrogens is 1. The van der Waals surface area contributed by atoms with Crippen molar-refractivity contribution in [2.75, 3.05) is 42.6 Å². The second-order valence-corrected chi connectivity index (χ2v) is 6.96. The fraction of sp³-hybridized carbons (Fsp3) is 0.381. The van der Waals surface area contributed by atoms with E-state index in [1.165, 1.54) is 0 Å². The van der Waals surface area contributed by atoms with E-state index in [0.29, 0.717) is 31.7 Å². The number of carbonyl (C=O) groups excluding carboxylic acids is 2. The van der Waals surface area contributed by atoms with Crippen LogP contribution in [0.2, 0.25) is 0 Å². The van der Waals surface area contributed by atoms with Crippen molar-refractivity contribution >= 4 is 23.3 Å². The van der Waals surface area contributed by atoms with Crippen molar-refractivity contribution in [2.45, 2.75) is 19.4 Å². The van der Waals surface area contributed by atoms with Gasteiger partial charge in [0.15, 0.2) is 0 Å². The summed E-state index contributed by atoms with van der Waals surface area (Å²) in [5, 5.41) is 2.98. The third kappa shape index (κ3) is 3.99. The van der Waals surface area contributed by atoms with Crippen LogP contribution < -0.4 is 15.1 Å². The van der Waals surface area contributed by atoms with Crippen LogP contribution in [0.15, 0.2) is 42.6 Å². The lowest BCUT2D eigenvalue weighted by Crippen LogP contribution is -2.37. The Morgan fingerprint density at radius 2 is 1.89 bits per heavy atom. The molecule has 2 saturated heterocycles. The molecular formula is C21H24N4O3. The van der Waals surface area contributed by atoms with Crippen LogP contribution >= 0.6 is 0 Å². The SMILES string of the molecule is O=C(NCc1cccnc1N1CCOCC1)c1ccc(N2CCCC2=O)cc1. The van der Waals surface area contributed by atoms with Gasteiger partial charge in [0.2, 0.25) is 5.91 Å². The molecule has 0 saturated carbocycles. The van der Waals surface area contributed by atoms with Crippen molar-refractivity contribution in [1.82, 2.24) is 10.3 Å². The Hall–Kier alpha value is -2.93. The predicted octanol–water partition coefficient (Wildman–Crippen LogP) is 1.97. The first-order valence-corrected chi connectivity index (χ1v) is 9.67. The van der Waals surface area contributed by atoms with Crippen LogP contribution in [-0.4, -0.2) is 49.6 Å². The average molecular weight is 380 g/mol. The smallest absolute Gasteiger partial charge is 0.251 e. The highest BCUT2D eigenvalue weighted by Gasteiger charge is 2.22. The monoisotopic (exact) mass is 380 g/mol. The van der Waals surface area contributed by atoms with E-state index in [1.54, 1.807) is 23.2 Å². The van der Waals surface area contributed by atoms with Crippen LogP contribution in [0.3, 0.4) is 0 Å². The zero-order valence-corrected chi connectivity index (χ0v) is 15.8. The van der Waals surface area contributed by atoms with Crippen LogP contribution in [0.5, 0.6) is 0 Å². The topological polar surface area (TPSA) is 74.8 Å². The van der Waals surface area contributed by atoms with Gasteiger partial charge in [-0.2, -0.15) is 0 Å². The number of anilines is 2. The summed E-state index contributed by atoms with van der Waals surface area (Å²) in [5.41, 5.74) is 2.41. The molecule has 4 rings (SSSR count). The molecule has 7 nitrogen and oxygen atoms in total. The number of ether oxygens (including phenoxy) is 1. The van der Waals surface area contributed by atoms with Crippen LogP contribution in [0, 0.1) is 0 Å². The zero-order chi connectivity index (χ0) is 19.3. The number of nitrogens with zero attached hydrogens (tertiary/aromatic N) is 3. The molecule has 0 aliphatic carbocycles. The second-order valence-electron chi connectivity index (χ2n) is 6.96. The fourth-order valence-electron chi connectivity index (χ4n) is 3.62. The number of carbonyl (C=O) groups is 2. The third-order valence-electron chi connectivity index (χ3n) is 5.13. The summed E-state index contributed by atoms with van der Waals surface area (Å²) in [6.45, 7) is 4.13. The summed E-state index contributed by atoms with van der Waals surface area (Å²) in [6, 6.07) is 11.1. The minimum absolute atomic E-state index is 0.143. The molecule has 0 atom stereocenters. The summed E-state index contributed by atoms with van der Waals surface area (Å²) < 4.78 is 5.41. The van der Waals surface area contributed by atoms with Gasteiger partial charge in [-0.05, 0) is 36.8 Å². The first-order chi connectivity index (χ1) is 13.7. The number of hydrogen-bond donors (Lipinski definition) is 1. The van der Waals surface area contributed by atoms with Gasteiger partial charge in [0.05, 0.1) is 13.2 Å². The Balaban J connectivity index is 1.40. The van der Waals surface area contributed by atoms with Gasteiger partial charge in [0.25, 0.3) is 5.91 Å². The molecule has 28 heavy (non-hydrogen) atoms. The number of benzene rings is 1. The first kappa shape index (κ1) is 18.4. The molecular weight excluding hydrogens is 356 g/mol. The molecule has 146 valence electrons. The van der Waals surface area contributed by atoms with Gasteiger partial charge in [-0.1, -0.05) is 6.07 Å². The maximum atomic E-state index is 12.6. The van der Waals surface area contributed by atoms with Crippen molar-refractivity contribution in [2.24, 2.45) is 0 Å². The highest BCUT2D eigenvalue weighted by molar-refractivity contribution is 5.97. The van der Waals surface area contributed by atoms with E-state index in [-0.39, 0.29) is 11.8 Å². The molecule has 2 aliphatic rings. The van der Waals surface area contributed by atoms with E-state index in [1.807, 2.05) is 24.3 Å². The fourth-order valence-corrected chi connectivity index (χ4v) is 3.62. The van der Waals surface area contributed by atoms with Crippen molar-refractivity contribution in [3.05, 3.63) is 53.7 Å². The Labute approximate surface area is 164 Å². The van der Waals surface area contributed by atoms with Crippen LogP contribution in [0.1, 0.15) is 28.8 Å². The Kier molecular flexibility index (Phi) is 5.53. The summed E-state index contributed by atoms with van der Waals surface area (Å²) in [5.74, 6) is 0.898. The molecule has 3 heterocycles. The zero-order valence-electron chi connectivity index (χ0n) is 15.8. The molecule has 1 aromatic heterocycles. The van der Waals surface area contributed by atoms with Crippen molar-refractivity contribution < 1.29 is 14.3 Å². The minimum Gasteiger partial charge on any atom is -0.378 e. The lowest BCUT2D eigenvalue weighted by Gasteiger charge is -2.29. The lowest BCUT2D eigenvalue weighted by atomic mass is 10.1. The van der Waals surface area contributed by atoms with Gasteiger partial charge in [-0.15, -0.1) is 0 Å². The number of nitrogens with one attached hydrogen (secondary N) is 1. The second kappa shape index (κ2) is 8.39. The molecule has 1 aromatic carbocycles. The number of rotatable bonds is 5.